The van der Waals surface area contributed by atoms with Gasteiger partial charge in [-0.05, 0) is 58.9 Å². The second-order valence-electron chi connectivity index (χ2n) is 4.76. The lowest BCUT2D eigenvalue weighted by atomic mass is 9.97. The van der Waals surface area contributed by atoms with Gasteiger partial charge in [0.25, 0.3) is 0 Å². The van der Waals surface area contributed by atoms with E-state index >= 15 is 0 Å². The zero-order valence-electron chi connectivity index (χ0n) is 10.8. The number of benzene rings is 1. The van der Waals surface area contributed by atoms with Crippen molar-refractivity contribution in [2.45, 2.75) is 39.7 Å². The van der Waals surface area contributed by atoms with E-state index in [1.807, 2.05) is 6.07 Å². The van der Waals surface area contributed by atoms with Gasteiger partial charge in [0.2, 0.25) is 0 Å². The summed E-state index contributed by atoms with van der Waals surface area (Å²) >= 11 is 3.18. The normalized spacial score (nSPS) is 13.1. The highest BCUT2D eigenvalue weighted by atomic mass is 79.9. The third-order valence-corrected chi connectivity index (χ3v) is 3.47. The lowest BCUT2D eigenvalue weighted by molar-refractivity contribution is 0.446. The standard InChI is InChI=1S/C14H21BrFN/c1-4-17-14(8-5-10(2)3)11-6-7-12(15)13(16)9-11/h6-7,9-10,14,17H,4-5,8H2,1-3H3. The number of hydrogen-bond donors (Lipinski definition) is 1. The molecule has 1 aromatic rings. The van der Waals surface area contributed by atoms with Crippen molar-refractivity contribution in [3.8, 4) is 0 Å². The van der Waals surface area contributed by atoms with Gasteiger partial charge < -0.3 is 5.32 Å². The number of hydrogen-bond acceptors (Lipinski definition) is 1. The van der Waals surface area contributed by atoms with Gasteiger partial charge in [0.05, 0.1) is 4.47 Å². The number of halogens is 2. The van der Waals surface area contributed by atoms with Crippen molar-refractivity contribution in [2.75, 3.05) is 6.54 Å². The molecule has 17 heavy (non-hydrogen) atoms. The van der Waals surface area contributed by atoms with Gasteiger partial charge >= 0.3 is 0 Å². The van der Waals surface area contributed by atoms with Crippen molar-refractivity contribution in [2.24, 2.45) is 5.92 Å². The highest BCUT2D eigenvalue weighted by Crippen LogP contribution is 2.24. The molecule has 1 unspecified atom stereocenters. The Morgan fingerprint density at radius 2 is 2.00 bits per heavy atom. The van der Waals surface area contributed by atoms with E-state index in [1.54, 1.807) is 12.1 Å². The first-order valence-electron chi connectivity index (χ1n) is 6.23. The van der Waals surface area contributed by atoms with Gasteiger partial charge in [-0.25, -0.2) is 4.39 Å². The van der Waals surface area contributed by atoms with Gasteiger partial charge in [-0.15, -0.1) is 0 Å². The fourth-order valence-electron chi connectivity index (χ4n) is 1.86. The largest absolute Gasteiger partial charge is 0.310 e. The molecule has 0 amide bonds. The fraction of sp³-hybridized carbons (Fsp3) is 0.571. The molecule has 1 nitrogen and oxygen atoms in total. The highest BCUT2D eigenvalue weighted by molar-refractivity contribution is 9.10. The Bertz CT molecular complexity index is 352. The minimum absolute atomic E-state index is 0.185. The quantitative estimate of drug-likeness (QED) is 0.805. The van der Waals surface area contributed by atoms with E-state index in [4.69, 9.17) is 0 Å². The molecule has 0 aliphatic carbocycles. The van der Waals surface area contributed by atoms with Gasteiger partial charge in [0.15, 0.2) is 0 Å². The van der Waals surface area contributed by atoms with Crippen LogP contribution in [0.25, 0.3) is 0 Å². The van der Waals surface area contributed by atoms with Crippen molar-refractivity contribution in [3.63, 3.8) is 0 Å². The topological polar surface area (TPSA) is 12.0 Å². The lowest BCUT2D eigenvalue weighted by Gasteiger charge is -2.19. The van der Waals surface area contributed by atoms with Crippen LogP contribution in [-0.4, -0.2) is 6.54 Å². The Morgan fingerprint density at radius 1 is 1.29 bits per heavy atom. The van der Waals surface area contributed by atoms with Gasteiger partial charge in [-0.3, -0.25) is 0 Å². The van der Waals surface area contributed by atoms with Crippen LogP contribution in [0.5, 0.6) is 0 Å². The van der Waals surface area contributed by atoms with Crippen LogP contribution in [0.4, 0.5) is 4.39 Å². The molecule has 1 rings (SSSR count). The summed E-state index contributed by atoms with van der Waals surface area (Å²) in [6, 6.07) is 5.65. The molecule has 0 fully saturated rings. The predicted octanol–water partition coefficient (Wildman–Crippen LogP) is 4.68. The van der Waals surface area contributed by atoms with Gasteiger partial charge in [0.1, 0.15) is 5.82 Å². The molecule has 0 saturated heterocycles. The van der Waals surface area contributed by atoms with Crippen LogP contribution in [-0.2, 0) is 0 Å². The second kappa shape index (κ2) is 7.12. The zero-order chi connectivity index (χ0) is 12.8. The van der Waals surface area contributed by atoms with Crippen molar-refractivity contribution in [1.29, 1.82) is 0 Å². The monoisotopic (exact) mass is 301 g/mol. The van der Waals surface area contributed by atoms with Crippen molar-refractivity contribution >= 4 is 15.9 Å². The van der Waals surface area contributed by atoms with Crippen LogP contribution in [0.2, 0.25) is 0 Å². The Hall–Kier alpha value is -0.410. The molecule has 0 heterocycles. The third kappa shape index (κ3) is 4.76. The predicted molar refractivity (Wildman–Crippen MR) is 74.6 cm³/mol. The summed E-state index contributed by atoms with van der Waals surface area (Å²) < 4.78 is 14.0. The molecule has 1 N–H and O–H groups in total. The van der Waals surface area contributed by atoms with Crippen LogP contribution >= 0.6 is 15.9 Å². The molecule has 0 radical (unpaired) electrons. The summed E-state index contributed by atoms with van der Waals surface area (Å²) in [6.07, 6.45) is 2.20. The zero-order valence-corrected chi connectivity index (χ0v) is 12.3. The van der Waals surface area contributed by atoms with E-state index in [0.717, 1.165) is 24.9 Å². The Balaban J connectivity index is 2.77. The highest BCUT2D eigenvalue weighted by Gasteiger charge is 2.12. The summed E-state index contributed by atoms with van der Waals surface area (Å²) in [5.41, 5.74) is 1.04. The third-order valence-electron chi connectivity index (χ3n) is 2.83. The minimum Gasteiger partial charge on any atom is -0.310 e. The molecule has 0 saturated carbocycles. The summed E-state index contributed by atoms with van der Waals surface area (Å²) in [7, 11) is 0. The second-order valence-corrected chi connectivity index (χ2v) is 5.61. The van der Waals surface area contributed by atoms with Crippen LogP contribution < -0.4 is 5.32 Å². The molecule has 0 bridgehead atoms. The maximum atomic E-state index is 13.5. The molecule has 3 heteroatoms. The Kier molecular flexibility index (Phi) is 6.14. The van der Waals surface area contributed by atoms with E-state index < -0.39 is 0 Å². The van der Waals surface area contributed by atoms with Crippen LogP contribution in [0.1, 0.15) is 45.2 Å². The van der Waals surface area contributed by atoms with Crippen LogP contribution in [0.15, 0.2) is 22.7 Å². The first-order chi connectivity index (χ1) is 8.04. The van der Waals surface area contributed by atoms with E-state index in [2.05, 4.69) is 42.0 Å². The van der Waals surface area contributed by atoms with Crippen molar-refractivity contribution in [3.05, 3.63) is 34.1 Å². The molecular weight excluding hydrogens is 281 g/mol. The van der Waals surface area contributed by atoms with Gasteiger partial charge in [0, 0.05) is 6.04 Å². The molecule has 1 atom stereocenters. The summed E-state index contributed by atoms with van der Waals surface area (Å²) in [4.78, 5) is 0. The molecule has 96 valence electrons. The summed E-state index contributed by atoms with van der Waals surface area (Å²) in [6.45, 7) is 7.41. The molecular formula is C14H21BrFN. The summed E-state index contributed by atoms with van der Waals surface area (Å²) in [5, 5.41) is 3.42. The van der Waals surface area contributed by atoms with Gasteiger partial charge in [-0.1, -0.05) is 26.8 Å². The Morgan fingerprint density at radius 3 is 2.53 bits per heavy atom. The first-order valence-corrected chi connectivity index (χ1v) is 7.02. The number of nitrogens with one attached hydrogen (secondary N) is 1. The van der Waals surface area contributed by atoms with E-state index in [-0.39, 0.29) is 11.9 Å². The SMILES string of the molecule is CCNC(CCC(C)C)c1ccc(Br)c(F)c1. The van der Waals surface area contributed by atoms with E-state index in [9.17, 15) is 4.39 Å². The average molecular weight is 302 g/mol. The minimum atomic E-state index is -0.185. The molecule has 0 aliphatic heterocycles. The van der Waals surface area contributed by atoms with Crippen LogP contribution in [0.3, 0.4) is 0 Å². The van der Waals surface area contributed by atoms with E-state index in [1.165, 1.54) is 0 Å². The Labute approximate surface area is 112 Å². The van der Waals surface area contributed by atoms with Crippen molar-refractivity contribution < 1.29 is 4.39 Å². The molecule has 1 aromatic carbocycles. The smallest absolute Gasteiger partial charge is 0.137 e. The summed E-state index contributed by atoms with van der Waals surface area (Å²) in [5.74, 6) is 0.492. The van der Waals surface area contributed by atoms with Gasteiger partial charge in [-0.2, -0.15) is 0 Å². The maximum Gasteiger partial charge on any atom is 0.137 e. The molecule has 0 aromatic heterocycles. The van der Waals surface area contributed by atoms with E-state index in [0.29, 0.717) is 10.4 Å². The van der Waals surface area contributed by atoms with Crippen LogP contribution in [0, 0.1) is 11.7 Å². The maximum absolute atomic E-state index is 13.5. The molecule has 0 spiro atoms. The average Bonchev–Trinajstić information content (AvgIpc) is 2.28. The lowest BCUT2D eigenvalue weighted by Crippen LogP contribution is -2.21. The molecule has 0 aliphatic rings. The number of rotatable bonds is 6. The fourth-order valence-corrected chi connectivity index (χ4v) is 2.11. The van der Waals surface area contributed by atoms with Crippen molar-refractivity contribution in [1.82, 2.24) is 5.32 Å². The first kappa shape index (κ1) is 14.7.